The van der Waals surface area contributed by atoms with E-state index in [2.05, 4.69) is 10.3 Å². The Morgan fingerprint density at radius 1 is 1.20 bits per heavy atom. The minimum absolute atomic E-state index is 0.106. The van der Waals surface area contributed by atoms with Gasteiger partial charge in [0.25, 0.3) is 5.91 Å². The van der Waals surface area contributed by atoms with Crippen molar-refractivity contribution in [3.63, 3.8) is 0 Å². The molecule has 0 fully saturated rings. The minimum atomic E-state index is -1.14. The Kier molecular flexibility index (Phi) is 3.85. The van der Waals surface area contributed by atoms with E-state index in [1.807, 2.05) is 0 Å². The number of rotatable bonds is 4. The lowest BCUT2D eigenvalue weighted by Crippen LogP contribution is -2.12. The number of hydrogen-bond donors (Lipinski definition) is 2. The molecule has 2 aromatic rings. The first-order valence-corrected chi connectivity index (χ1v) is 5.66. The Labute approximate surface area is 114 Å². The molecular formula is C14H10N2O4. The number of carbonyl (C=O) groups is 3. The summed E-state index contributed by atoms with van der Waals surface area (Å²) in [7, 11) is 0. The van der Waals surface area contributed by atoms with E-state index in [4.69, 9.17) is 5.11 Å². The Hall–Kier alpha value is -3.02. The molecule has 2 rings (SSSR count). The molecule has 0 radical (unpaired) electrons. The number of anilines is 1. The summed E-state index contributed by atoms with van der Waals surface area (Å²) in [4.78, 5) is 36.9. The summed E-state index contributed by atoms with van der Waals surface area (Å²) in [5, 5.41) is 11.3. The largest absolute Gasteiger partial charge is 0.477 e. The first kappa shape index (κ1) is 13.4. The smallest absolute Gasteiger partial charge is 0.354 e. The Bertz CT molecular complexity index is 665. The minimum Gasteiger partial charge on any atom is -0.477 e. The summed E-state index contributed by atoms with van der Waals surface area (Å²) in [6, 6.07) is 8.96. The molecule has 0 unspecified atom stereocenters. The molecule has 100 valence electrons. The summed E-state index contributed by atoms with van der Waals surface area (Å²) in [6.07, 6.45) is 1.91. The molecule has 0 atom stereocenters. The standard InChI is InChI=1S/C14H10N2O4/c17-8-9-2-1-3-10(6-9)13(18)16-11-4-5-12(14(19)20)15-7-11/h1-8H,(H,16,18)(H,19,20). The zero-order chi connectivity index (χ0) is 14.5. The van der Waals surface area contributed by atoms with Crippen LogP contribution in [0.3, 0.4) is 0 Å². The van der Waals surface area contributed by atoms with Crippen LogP contribution >= 0.6 is 0 Å². The normalized spacial score (nSPS) is 9.80. The third-order valence-corrected chi connectivity index (χ3v) is 2.53. The van der Waals surface area contributed by atoms with E-state index in [9.17, 15) is 14.4 Å². The lowest BCUT2D eigenvalue weighted by molar-refractivity contribution is 0.0690. The summed E-state index contributed by atoms with van der Waals surface area (Å²) in [5.74, 6) is -1.54. The Morgan fingerprint density at radius 2 is 2.00 bits per heavy atom. The van der Waals surface area contributed by atoms with Crippen LogP contribution in [-0.4, -0.2) is 28.3 Å². The van der Waals surface area contributed by atoms with Gasteiger partial charge in [-0.3, -0.25) is 9.59 Å². The molecule has 0 aliphatic rings. The molecule has 0 aliphatic carbocycles. The quantitative estimate of drug-likeness (QED) is 0.826. The fourth-order valence-corrected chi connectivity index (χ4v) is 1.55. The van der Waals surface area contributed by atoms with Gasteiger partial charge in [0.15, 0.2) is 0 Å². The van der Waals surface area contributed by atoms with Crippen LogP contribution in [0.2, 0.25) is 0 Å². The molecule has 6 nitrogen and oxygen atoms in total. The van der Waals surface area contributed by atoms with Gasteiger partial charge in [0.1, 0.15) is 12.0 Å². The molecule has 0 saturated carbocycles. The summed E-state index contributed by atoms with van der Waals surface area (Å²) >= 11 is 0. The van der Waals surface area contributed by atoms with Crippen LogP contribution in [0.4, 0.5) is 5.69 Å². The van der Waals surface area contributed by atoms with Gasteiger partial charge in [-0.25, -0.2) is 9.78 Å². The molecule has 2 N–H and O–H groups in total. The number of aldehydes is 1. The highest BCUT2D eigenvalue weighted by atomic mass is 16.4. The molecule has 0 bridgehead atoms. The van der Waals surface area contributed by atoms with Crippen molar-refractivity contribution in [2.24, 2.45) is 0 Å². The van der Waals surface area contributed by atoms with Crippen molar-refractivity contribution in [3.05, 3.63) is 59.4 Å². The van der Waals surface area contributed by atoms with Gasteiger partial charge < -0.3 is 10.4 Å². The van der Waals surface area contributed by atoms with Crippen molar-refractivity contribution in [2.75, 3.05) is 5.32 Å². The van der Waals surface area contributed by atoms with Crippen LogP contribution in [0, 0.1) is 0 Å². The van der Waals surface area contributed by atoms with E-state index in [1.54, 1.807) is 18.2 Å². The van der Waals surface area contributed by atoms with Crippen molar-refractivity contribution in [1.82, 2.24) is 4.98 Å². The monoisotopic (exact) mass is 270 g/mol. The number of amides is 1. The zero-order valence-corrected chi connectivity index (χ0v) is 10.2. The Morgan fingerprint density at radius 3 is 2.60 bits per heavy atom. The number of aromatic carboxylic acids is 1. The SMILES string of the molecule is O=Cc1cccc(C(=O)Nc2ccc(C(=O)O)nc2)c1. The lowest BCUT2D eigenvalue weighted by Gasteiger charge is -2.05. The first-order valence-electron chi connectivity index (χ1n) is 5.66. The van der Waals surface area contributed by atoms with Gasteiger partial charge >= 0.3 is 5.97 Å². The van der Waals surface area contributed by atoms with Gasteiger partial charge in [-0.1, -0.05) is 12.1 Å². The van der Waals surface area contributed by atoms with Crippen LogP contribution in [0.5, 0.6) is 0 Å². The fourth-order valence-electron chi connectivity index (χ4n) is 1.55. The van der Waals surface area contributed by atoms with Gasteiger partial charge in [0.2, 0.25) is 0 Å². The number of carboxylic acids is 1. The van der Waals surface area contributed by atoms with Gasteiger partial charge in [-0.15, -0.1) is 0 Å². The van der Waals surface area contributed by atoms with Crippen LogP contribution < -0.4 is 5.32 Å². The predicted octanol–water partition coefficient (Wildman–Crippen LogP) is 1.84. The van der Waals surface area contributed by atoms with Crippen molar-refractivity contribution < 1.29 is 19.5 Å². The zero-order valence-electron chi connectivity index (χ0n) is 10.2. The number of benzene rings is 1. The predicted molar refractivity (Wildman–Crippen MR) is 71.0 cm³/mol. The summed E-state index contributed by atoms with van der Waals surface area (Å²) in [6.45, 7) is 0. The molecule has 1 amide bonds. The topological polar surface area (TPSA) is 96.4 Å². The van der Waals surface area contributed by atoms with E-state index >= 15 is 0 Å². The molecular weight excluding hydrogens is 260 g/mol. The number of nitrogens with one attached hydrogen (secondary N) is 1. The summed E-state index contributed by atoms with van der Waals surface area (Å²) in [5.41, 5.74) is 0.997. The van der Waals surface area contributed by atoms with E-state index in [0.717, 1.165) is 0 Å². The molecule has 1 aromatic heterocycles. The second kappa shape index (κ2) is 5.75. The van der Waals surface area contributed by atoms with E-state index in [0.29, 0.717) is 23.1 Å². The second-order valence-electron chi connectivity index (χ2n) is 3.93. The van der Waals surface area contributed by atoms with Gasteiger partial charge in [0.05, 0.1) is 11.9 Å². The first-order chi connectivity index (χ1) is 9.60. The van der Waals surface area contributed by atoms with Crippen molar-refractivity contribution in [3.8, 4) is 0 Å². The van der Waals surface area contributed by atoms with Gasteiger partial charge in [0, 0.05) is 11.1 Å². The fraction of sp³-hybridized carbons (Fsp3) is 0. The highest BCUT2D eigenvalue weighted by Gasteiger charge is 2.08. The molecule has 6 heteroatoms. The van der Waals surface area contributed by atoms with Crippen molar-refractivity contribution in [1.29, 1.82) is 0 Å². The average molecular weight is 270 g/mol. The number of hydrogen-bond acceptors (Lipinski definition) is 4. The van der Waals surface area contributed by atoms with Crippen molar-refractivity contribution >= 4 is 23.9 Å². The maximum Gasteiger partial charge on any atom is 0.354 e. The lowest BCUT2D eigenvalue weighted by atomic mass is 10.1. The molecule has 0 spiro atoms. The van der Waals surface area contributed by atoms with Crippen LogP contribution in [-0.2, 0) is 0 Å². The summed E-state index contributed by atoms with van der Waals surface area (Å²) < 4.78 is 0. The Balaban J connectivity index is 2.14. The van der Waals surface area contributed by atoms with E-state index in [-0.39, 0.29) is 5.69 Å². The highest BCUT2D eigenvalue weighted by Crippen LogP contribution is 2.10. The maximum absolute atomic E-state index is 11.9. The van der Waals surface area contributed by atoms with E-state index < -0.39 is 11.9 Å². The molecule has 0 aliphatic heterocycles. The van der Waals surface area contributed by atoms with Gasteiger partial charge in [-0.2, -0.15) is 0 Å². The maximum atomic E-state index is 11.9. The number of carbonyl (C=O) groups excluding carboxylic acids is 2. The second-order valence-corrected chi connectivity index (χ2v) is 3.93. The molecule has 1 heterocycles. The molecule has 0 saturated heterocycles. The van der Waals surface area contributed by atoms with Crippen molar-refractivity contribution in [2.45, 2.75) is 0 Å². The third kappa shape index (κ3) is 3.05. The molecule has 20 heavy (non-hydrogen) atoms. The number of carboxylic acid groups (broad SMARTS) is 1. The highest BCUT2D eigenvalue weighted by molar-refractivity contribution is 6.05. The van der Waals surface area contributed by atoms with Crippen LogP contribution in [0.25, 0.3) is 0 Å². The average Bonchev–Trinajstić information content (AvgIpc) is 2.47. The molecule has 1 aromatic carbocycles. The van der Waals surface area contributed by atoms with E-state index in [1.165, 1.54) is 24.4 Å². The number of pyridine rings is 1. The number of nitrogens with zero attached hydrogens (tertiary/aromatic N) is 1. The number of aromatic nitrogens is 1. The van der Waals surface area contributed by atoms with Gasteiger partial charge in [-0.05, 0) is 24.3 Å². The van der Waals surface area contributed by atoms with Crippen LogP contribution in [0.1, 0.15) is 31.2 Å². The van der Waals surface area contributed by atoms with Crippen LogP contribution in [0.15, 0.2) is 42.6 Å². The third-order valence-electron chi connectivity index (χ3n) is 2.53.